The maximum absolute atomic E-state index is 9.39. The van der Waals surface area contributed by atoms with E-state index in [1.165, 1.54) is 4.88 Å². The van der Waals surface area contributed by atoms with Gasteiger partial charge in [0.05, 0.1) is 17.5 Å². The zero-order valence-electron chi connectivity index (χ0n) is 11.7. The summed E-state index contributed by atoms with van der Waals surface area (Å²) < 4.78 is 0. The van der Waals surface area contributed by atoms with Gasteiger partial charge in [-0.1, -0.05) is 0 Å². The minimum Gasteiger partial charge on any atom is -0.394 e. The second-order valence-electron chi connectivity index (χ2n) is 5.17. The minimum atomic E-state index is -0.416. The van der Waals surface area contributed by atoms with Crippen molar-refractivity contribution in [1.29, 1.82) is 0 Å². The summed E-state index contributed by atoms with van der Waals surface area (Å²) in [6, 6.07) is 2.07. The lowest BCUT2D eigenvalue weighted by Crippen LogP contribution is -2.35. The summed E-state index contributed by atoms with van der Waals surface area (Å²) in [5, 5.41) is 16.8. The molecule has 5 nitrogen and oxygen atoms in total. The summed E-state index contributed by atoms with van der Waals surface area (Å²) in [6.07, 6.45) is 0. The van der Waals surface area contributed by atoms with E-state index in [9.17, 15) is 5.11 Å². The van der Waals surface area contributed by atoms with Crippen LogP contribution in [0, 0.1) is 6.92 Å². The van der Waals surface area contributed by atoms with E-state index in [2.05, 4.69) is 33.6 Å². The first-order valence-electron chi connectivity index (χ1n) is 6.36. The van der Waals surface area contributed by atoms with E-state index < -0.39 is 5.54 Å². The molecule has 0 saturated carbocycles. The molecule has 0 bridgehead atoms. The first kappa shape index (κ1) is 14.0. The number of aryl methyl sites for hydroxylation is 1. The van der Waals surface area contributed by atoms with Gasteiger partial charge in [0.1, 0.15) is 10.6 Å². The number of hydrogen-bond donors (Lipinski definition) is 3. The molecule has 2 rings (SSSR count). The van der Waals surface area contributed by atoms with Gasteiger partial charge >= 0.3 is 0 Å². The van der Waals surface area contributed by atoms with Crippen LogP contribution in [0.3, 0.4) is 0 Å². The van der Waals surface area contributed by atoms with Crippen LogP contribution in [0.25, 0.3) is 10.2 Å². The van der Waals surface area contributed by atoms with Crippen LogP contribution in [0.4, 0.5) is 11.8 Å². The van der Waals surface area contributed by atoms with Gasteiger partial charge in [-0.15, -0.1) is 11.3 Å². The van der Waals surface area contributed by atoms with Crippen LogP contribution in [0.15, 0.2) is 6.07 Å². The smallest absolute Gasteiger partial charge is 0.226 e. The van der Waals surface area contributed by atoms with Crippen molar-refractivity contribution < 1.29 is 5.11 Å². The highest BCUT2D eigenvalue weighted by molar-refractivity contribution is 7.18. The van der Waals surface area contributed by atoms with E-state index in [1.54, 1.807) is 11.3 Å². The Morgan fingerprint density at radius 2 is 2.11 bits per heavy atom. The van der Waals surface area contributed by atoms with Gasteiger partial charge < -0.3 is 15.7 Å². The molecule has 0 radical (unpaired) electrons. The van der Waals surface area contributed by atoms with Gasteiger partial charge in [0.2, 0.25) is 5.95 Å². The highest BCUT2D eigenvalue weighted by atomic mass is 32.1. The zero-order valence-corrected chi connectivity index (χ0v) is 12.6. The number of hydrogen-bond acceptors (Lipinski definition) is 6. The van der Waals surface area contributed by atoms with Gasteiger partial charge in [0.15, 0.2) is 0 Å². The van der Waals surface area contributed by atoms with Gasteiger partial charge in [-0.3, -0.25) is 0 Å². The molecule has 2 aromatic heterocycles. The van der Waals surface area contributed by atoms with Crippen molar-refractivity contribution in [1.82, 2.24) is 9.97 Å². The number of nitrogens with zero attached hydrogens (tertiary/aromatic N) is 2. The lowest BCUT2D eigenvalue weighted by Gasteiger charge is -2.24. The SMILES string of the molecule is CCNc1nc(NC(C)(C)CO)c2cc(C)sc2n1. The van der Waals surface area contributed by atoms with Gasteiger partial charge in [0, 0.05) is 11.4 Å². The predicted molar refractivity (Wildman–Crippen MR) is 81.1 cm³/mol. The van der Waals surface area contributed by atoms with Gasteiger partial charge in [-0.2, -0.15) is 4.98 Å². The Balaban J connectivity index is 2.49. The van der Waals surface area contributed by atoms with Crippen LogP contribution in [0.5, 0.6) is 0 Å². The quantitative estimate of drug-likeness (QED) is 0.785. The number of aliphatic hydroxyl groups excluding tert-OH is 1. The largest absolute Gasteiger partial charge is 0.394 e. The van der Waals surface area contributed by atoms with Crippen molar-refractivity contribution in [2.45, 2.75) is 33.2 Å². The maximum atomic E-state index is 9.39. The Morgan fingerprint density at radius 1 is 1.37 bits per heavy atom. The number of aliphatic hydroxyl groups is 1. The summed E-state index contributed by atoms with van der Waals surface area (Å²) in [4.78, 5) is 11.2. The monoisotopic (exact) mass is 280 g/mol. The molecule has 0 spiro atoms. The third kappa shape index (κ3) is 3.13. The normalized spacial score (nSPS) is 11.8. The third-order valence-corrected chi connectivity index (χ3v) is 3.65. The second-order valence-corrected chi connectivity index (χ2v) is 6.40. The lowest BCUT2D eigenvalue weighted by atomic mass is 10.1. The van der Waals surface area contributed by atoms with E-state index in [0.29, 0.717) is 5.95 Å². The number of thiophene rings is 1. The van der Waals surface area contributed by atoms with Crippen LogP contribution in [-0.4, -0.2) is 33.8 Å². The number of fused-ring (bicyclic) bond motifs is 1. The van der Waals surface area contributed by atoms with E-state index in [-0.39, 0.29) is 6.61 Å². The average molecular weight is 280 g/mol. The van der Waals surface area contributed by atoms with Crippen LogP contribution in [0.2, 0.25) is 0 Å². The number of rotatable bonds is 5. The van der Waals surface area contributed by atoms with Crippen molar-refractivity contribution in [2.24, 2.45) is 0 Å². The van der Waals surface area contributed by atoms with Crippen LogP contribution in [0.1, 0.15) is 25.6 Å². The summed E-state index contributed by atoms with van der Waals surface area (Å²) >= 11 is 1.65. The zero-order chi connectivity index (χ0) is 14.0. The fourth-order valence-electron chi connectivity index (χ4n) is 1.73. The molecule has 0 unspecified atom stereocenters. The molecule has 0 aromatic carbocycles. The molecule has 0 atom stereocenters. The van der Waals surface area contributed by atoms with Crippen molar-refractivity contribution >= 4 is 33.3 Å². The first-order valence-corrected chi connectivity index (χ1v) is 7.18. The molecular weight excluding hydrogens is 260 g/mol. The average Bonchev–Trinajstić information content (AvgIpc) is 2.70. The van der Waals surface area contributed by atoms with Crippen molar-refractivity contribution in [3.05, 3.63) is 10.9 Å². The van der Waals surface area contributed by atoms with Gasteiger partial charge in [0.25, 0.3) is 0 Å². The van der Waals surface area contributed by atoms with Crippen molar-refractivity contribution in [3.63, 3.8) is 0 Å². The number of aromatic nitrogens is 2. The molecule has 3 N–H and O–H groups in total. The Hall–Kier alpha value is -1.40. The molecule has 0 aliphatic carbocycles. The first-order chi connectivity index (χ1) is 8.95. The summed E-state index contributed by atoms with van der Waals surface area (Å²) in [6.45, 7) is 8.76. The van der Waals surface area contributed by atoms with E-state index in [4.69, 9.17) is 0 Å². The fraction of sp³-hybridized carbons (Fsp3) is 0.538. The molecule has 6 heteroatoms. The molecule has 104 valence electrons. The molecule has 0 amide bonds. The molecule has 2 heterocycles. The molecular formula is C13H20N4OS. The van der Waals surface area contributed by atoms with Crippen LogP contribution >= 0.6 is 11.3 Å². The van der Waals surface area contributed by atoms with E-state index >= 15 is 0 Å². The molecule has 0 saturated heterocycles. The topological polar surface area (TPSA) is 70.1 Å². The Bertz CT molecular complexity index is 579. The summed E-state index contributed by atoms with van der Waals surface area (Å²) in [5.41, 5.74) is -0.416. The standard InChI is InChI=1S/C13H20N4OS/c1-5-14-12-15-10(17-13(3,4)7-18)9-6-8(2)19-11(9)16-12/h6,18H,5,7H2,1-4H3,(H2,14,15,16,17). The van der Waals surface area contributed by atoms with Gasteiger partial charge in [-0.25, -0.2) is 4.98 Å². The molecule has 2 aromatic rings. The molecule has 0 fully saturated rings. The molecule has 0 aliphatic heterocycles. The predicted octanol–water partition coefficient (Wildman–Crippen LogP) is 2.61. The fourth-order valence-corrected chi connectivity index (χ4v) is 2.61. The molecule has 19 heavy (non-hydrogen) atoms. The van der Waals surface area contributed by atoms with Crippen molar-refractivity contribution in [3.8, 4) is 0 Å². The Morgan fingerprint density at radius 3 is 2.74 bits per heavy atom. The minimum absolute atomic E-state index is 0.0398. The highest BCUT2D eigenvalue weighted by Crippen LogP contribution is 2.30. The number of nitrogens with one attached hydrogen (secondary N) is 2. The number of anilines is 2. The van der Waals surface area contributed by atoms with Gasteiger partial charge in [-0.05, 0) is 33.8 Å². The van der Waals surface area contributed by atoms with E-state index in [1.807, 2.05) is 20.8 Å². The van der Waals surface area contributed by atoms with Crippen LogP contribution < -0.4 is 10.6 Å². The summed E-state index contributed by atoms with van der Waals surface area (Å²) in [5.74, 6) is 1.39. The lowest BCUT2D eigenvalue weighted by molar-refractivity contribution is 0.234. The second kappa shape index (κ2) is 5.30. The Labute approximate surface area is 117 Å². The summed E-state index contributed by atoms with van der Waals surface area (Å²) in [7, 11) is 0. The Kier molecular flexibility index (Phi) is 3.91. The molecule has 0 aliphatic rings. The van der Waals surface area contributed by atoms with Crippen LogP contribution in [-0.2, 0) is 0 Å². The maximum Gasteiger partial charge on any atom is 0.226 e. The third-order valence-electron chi connectivity index (χ3n) is 2.70. The van der Waals surface area contributed by atoms with E-state index in [0.717, 1.165) is 22.6 Å². The highest BCUT2D eigenvalue weighted by Gasteiger charge is 2.19. The van der Waals surface area contributed by atoms with Crippen molar-refractivity contribution in [2.75, 3.05) is 23.8 Å².